The van der Waals surface area contributed by atoms with Crippen LogP contribution in [0.25, 0.3) is 10.9 Å². The highest BCUT2D eigenvalue weighted by Crippen LogP contribution is 2.22. The fraction of sp³-hybridized carbons (Fsp3) is 0.158. The molecule has 0 aliphatic heterocycles. The van der Waals surface area contributed by atoms with Crippen molar-refractivity contribution >= 4 is 28.4 Å². The summed E-state index contributed by atoms with van der Waals surface area (Å²) in [5.41, 5.74) is 8.99. The number of fused-ring (bicyclic) bond motifs is 1. The first-order valence-corrected chi connectivity index (χ1v) is 7.81. The van der Waals surface area contributed by atoms with Gasteiger partial charge in [0.25, 0.3) is 0 Å². The van der Waals surface area contributed by atoms with E-state index >= 15 is 0 Å². The summed E-state index contributed by atoms with van der Waals surface area (Å²) in [6.45, 7) is 0.496. The normalized spacial score (nSPS) is 11.5. The molecule has 0 unspecified atom stereocenters. The molecule has 1 heterocycles. The number of hydrogen-bond donors (Lipinski definition) is 2. The number of para-hydroxylation sites is 2. The average Bonchev–Trinajstić information content (AvgIpc) is 2.60. The van der Waals surface area contributed by atoms with Gasteiger partial charge in [0.1, 0.15) is 5.82 Å². The van der Waals surface area contributed by atoms with Crippen LogP contribution in [0.1, 0.15) is 5.56 Å². The van der Waals surface area contributed by atoms with Crippen molar-refractivity contribution in [2.45, 2.75) is 6.54 Å². The van der Waals surface area contributed by atoms with Gasteiger partial charge in [-0.05, 0) is 29.8 Å². The number of anilines is 2. The van der Waals surface area contributed by atoms with Gasteiger partial charge in [-0.1, -0.05) is 36.4 Å². The molecule has 1 aromatic heterocycles. The molecule has 0 aliphatic rings. The number of benzene rings is 2. The molecule has 0 bridgehead atoms. The summed E-state index contributed by atoms with van der Waals surface area (Å²) in [5, 5.41) is 4.20. The number of rotatable bonds is 4. The number of aromatic nitrogens is 1. The Kier molecular flexibility index (Phi) is 4.61. The van der Waals surface area contributed by atoms with Gasteiger partial charge in [0.05, 0.1) is 12.1 Å². The lowest BCUT2D eigenvalue weighted by Crippen LogP contribution is -2.22. The Morgan fingerprint density at radius 2 is 1.79 bits per heavy atom. The molecule has 5 heteroatoms. The Balaban J connectivity index is 1.87. The number of aliphatic imine (C=N–C) groups is 1. The van der Waals surface area contributed by atoms with E-state index < -0.39 is 0 Å². The second-order valence-electron chi connectivity index (χ2n) is 5.74. The van der Waals surface area contributed by atoms with Gasteiger partial charge in [0.2, 0.25) is 0 Å². The van der Waals surface area contributed by atoms with Crippen LogP contribution in [0.2, 0.25) is 0 Å². The molecular weight excluding hydrogens is 298 g/mol. The Bertz CT molecular complexity index is 856. The van der Waals surface area contributed by atoms with Crippen molar-refractivity contribution in [3.8, 4) is 0 Å². The van der Waals surface area contributed by atoms with Gasteiger partial charge >= 0.3 is 0 Å². The zero-order valence-electron chi connectivity index (χ0n) is 13.9. The van der Waals surface area contributed by atoms with Crippen molar-refractivity contribution in [1.29, 1.82) is 0 Å². The number of nitrogens with two attached hydrogens (primary N) is 1. The highest BCUT2D eigenvalue weighted by atomic mass is 15.1. The van der Waals surface area contributed by atoms with Crippen molar-refractivity contribution in [2.24, 2.45) is 10.7 Å². The summed E-state index contributed by atoms with van der Waals surface area (Å²) in [7, 11) is 3.96. The van der Waals surface area contributed by atoms with E-state index in [1.165, 1.54) is 0 Å². The number of nitrogens with one attached hydrogen (secondary N) is 1. The Labute approximate surface area is 141 Å². The number of guanidine groups is 1. The second kappa shape index (κ2) is 7.00. The van der Waals surface area contributed by atoms with E-state index in [4.69, 9.17) is 5.73 Å². The quantitative estimate of drug-likeness (QED) is 0.572. The van der Waals surface area contributed by atoms with Crippen molar-refractivity contribution in [3.63, 3.8) is 0 Å². The lowest BCUT2D eigenvalue weighted by Gasteiger charge is -2.14. The maximum atomic E-state index is 6.01. The monoisotopic (exact) mass is 319 g/mol. The van der Waals surface area contributed by atoms with E-state index in [2.05, 4.69) is 27.4 Å². The third-order valence-electron chi connectivity index (χ3n) is 3.71. The Hall–Kier alpha value is -3.08. The fourth-order valence-electron chi connectivity index (χ4n) is 2.47. The van der Waals surface area contributed by atoms with Gasteiger partial charge in [0, 0.05) is 25.2 Å². The highest BCUT2D eigenvalue weighted by molar-refractivity contribution is 5.92. The molecule has 5 nitrogen and oxygen atoms in total. The van der Waals surface area contributed by atoms with Gasteiger partial charge in [-0.15, -0.1) is 0 Å². The molecule has 0 spiro atoms. The molecule has 3 rings (SSSR count). The van der Waals surface area contributed by atoms with Crippen molar-refractivity contribution in [1.82, 2.24) is 4.98 Å². The van der Waals surface area contributed by atoms with Gasteiger partial charge < -0.3 is 16.0 Å². The Morgan fingerprint density at radius 1 is 1.08 bits per heavy atom. The minimum Gasteiger partial charge on any atom is -0.370 e. The van der Waals surface area contributed by atoms with Gasteiger partial charge in [0.15, 0.2) is 5.96 Å². The van der Waals surface area contributed by atoms with Gasteiger partial charge in [-0.25, -0.2) is 9.98 Å². The first-order valence-electron chi connectivity index (χ1n) is 7.81. The van der Waals surface area contributed by atoms with Crippen LogP contribution in [0.4, 0.5) is 11.5 Å². The third-order valence-corrected chi connectivity index (χ3v) is 3.71. The summed E-state index contributed by atoms with van der Waals surface area (Å²) < 4.78 is 0. The minimum absolute atomic E-state index is 0.397. The third kappa shape index (κ3) is 3.63. The SMILES string of the molecule is CN(C)c1cc(CN=C(N)Nc2ccccc2)c2ccccc2n1. The van der Waals surface area contributed by atoms with Crippen molar-refractivity contribution in [2.75, 3.05) is 24.3 Å². The maximum Gasteiger partial charge on any atom is 0.193 e. The minimum atomic E-state index is 0.397. The lowest BCUT2D eigenvalue weighted by atomic mass is 10.1. The zero-order chi connectivity index (χ0) is 16.9. The van der Waals surface area contributed by atoms with E-state index in [0.29, 0.717) is 12.5 Å². The van der Waals surface area contributed by atoms with Crippen LogP contribution < -0.4 is 16.0 Å². The first kappa shape index (κ1) is 15.8. The summed E-state index contributed by atoms with van der Waals surface area (Å²) in [5.74, 6) is 1.31. The fourth-order valence-corrected chi connectivity index (χ4v) is 2.47. The summed E-state index contributed by atoms with van der Waals surface area (Å²) in [6, 6.07) is 19.9. The average molecular weight is 319 g/mol. The first-order chi connectivity index (χ1) is 11.6. The molecule has 0 aliphatic carbocycles. The van der Waals surface area contributed by atoms with Gasteiger partial charge in [-0.3, -0.25) is 0 Å². The highest BCUT2D eigenvalue weighted by Gasteiger charge is 2.07. The van der Waals surface area contributed by atoms with E-state index in [9.17, 15) is 0 Å². The molecule has 0 amide bonds. The molecule has 0 saturated heterocycles. The molecule has 24 heavy (non-hydrogen) atoms. The van der Waals surface area contributed by atoms with Crippen LogP contribution in [-0.2, 0) is 6.54 Å². The predicted molar refractivity (Wildman–Crippen MR) is 101 cm³/mol. The van der Waals surface area contributed by atoms with E-state index in [1.807, 2.05) is 67.5 Å². The molecule has 0 radical (unpaired) electrons. The second-order valence-corrected chi connectivity index (χ2v) is 5.74. The largest absolute Gasteiger partial charge is 0.370 e. The molecule has 122 valence electrons. The van der Waals surface area contributed by atoms with Gasteiger partial charge in [-0.2, -0.15) is 0 Å². The number of pyridine rings is 1. The molecule has 0 atom stereocenters. The Morgan fingerprint density at radius 3 is 2.54 bits per heavy atom. The van der Waals surface area contributed by atoms with E-state index in [-0.39, 0.29) is 0 Å². The van der Waals surface area contributed by atoms with Crippen molar-refractivity contribution < 1.29 is 0 Å². The number of nitrogens with zero attached hydrogens (tertiary/aromatic N) is 3. The molecule has 0 fully saturated rings. The smallest absolute Gasteiger partial charge is 0.193 e. The summed E-state index contributed by atoms with van der Waals surface area (Å²) in [4.78, 5) is 11.1. The van der Waals surface area contributed by atoms with Crippen LogP contribution in [0.15, 0.2) is 65.7 Å². The topological polar surface area (TPSA) is 66.5 Å². The number of hydrogen-bond acceptors (Lipinski definition) is 3. The van der Waals surface area contributed by atoms with Crippen LogP contribution in [-0.4, -0.2) is 25.0 Å². The summed E-state index contributed by atoms with van der Waals surface area (Å²) in [6.07, 6.45) is 0. The molecule has 0 saturated carbocycles. The zero-order valence-corrected chi connectivity index (χ0v) is 13.9. The lowest BCUT2D eigenvalue weighted by molar-refractivity contribution is 1.04. The predicted octanol–water partition coefficient (Wildman–Crippen LogP) is 3.23. The van der Waals surface area contributed by atoms with Crippen LogP contribution in [0.3, 0.4) is 0 Å². The van der Waals surface area contributed by atoms with Crippen LogP contribution in [0, 0.1) is 0 Å². The van der Waals surface area contributed by atoms with Crippen molar-refractivity contribution in [3.05, 3.63) is 66.2 Å². The van der Waals surface area contributed by atoms with Crippen LogP contribution in [0.5, 0.6) is 0 Å². The maximum absolute atomic E-state index is 6.01. The van der Waals surface area contributed by atoms with Crippen LogP contribution >= 0.6 is 0 Å². The van der Waals surface area contributed by atoms with E-state index in [0.717, 1.165) is 28.0 Å². The molecule has 2 aromatic carbocycles. The standard InChI is InChI=1S/C19H21N5/c1-24(2)18-12-14(16-10-6-7-11-17(16)23-18)13-21-19(20)22-15-8-4-3-5-9-15/h3-12H,13H2,1-2H3,(H3,20,21,22). The molecule has 3 N–H and O–H groups in total. The summed E-state index contributed by atoms with van der Waals surface area (Å²) >= 11 is 0. The molecular formula is C19H21N5. The van der Waals surface area contributed by atoms with E-state index in [1.54, 1.807) is 0 Å². The molecule has 3 aromatic rings.